The summed E-state index contributed by atoms with van der Waals surface area (Å²) < 4.78 is 0. The normalized spacial score (nSPS) is 11.1. The predicted octanol–water partition coefficient (Wildman–Crippen LogP) is 5.52. The topological polar surface area (TPSA) is 66.4 Å². The highest BCUT2D eigenvalue weighted by Crippen LogP contribution is 2.31. The summed E-state index contributed by atoms with van der Waals surface area (Å²) in [5, 5.41) is 13.0. The maximum absolute atomic E-state index is 12.3. The van der Waals surface area contributed by atoms with E-state index in [2.05, 4.69) is 5.32 Å². The molecular formula is C22H15Cl2NO3. The summed E-state index contributed by atoms with van der Waals surface area (Å²) in [5.41, 5.74) is 2.24. The van der Waals surface area contributed by atoms with Gasteiger partial charge in [0.25, 0.3) is 5.91 Å². The molecule has 1 amide bonds. The van der Waals surface area contributed by atoms with Crippen molar-refractivity contribution >= 4 is 41.2 Å². The molecule has 0 atom stereocenters. The van der Waals surface area contributed by atoms with Crippen LogP contribution in [0.3, 0.4) is 0 Å². The van der Waals surface area contributed by atoms with Gasteiger partial charge in [-0.15, -0.1) is 0 Å². The third kappa shape index (κ3) is 4.80. The number of carboxylic acids is 1. The molecule has 0 saturated carbocycles. The van der Waals surface area contributed by atoms with Crippen LogP contribution < -0.4 is 5.32 Å². The number of rotatable bonds is 5. The van der Waals surface area contributed by atoms with Gasteiger partial charge in [0.05, 0.1) is 0 Å². The summed E-state index contributed by atoms with van der Waals surface area (Å²) in [7, 11) is 0. The molecule has 0 aliphatic heterocycles. The van der Waals surface area contributed by atoms with Gasteiger partial charge in [-0.1, -0.05) is 59.6 Å². The molecule has 6 heteroatoms. The monoisotopic (exact) mass is 411 g/mol. The second-order valence-corrected chi connectivity index (χ2v) is 6.78. The maximum Gasteiger partial charge on any atom is 0.352 e. The molecule has 3 rings (SSSR count). The predicted molar refractivity (Wildman–Crippen MR) is 111 cm³/mol. The zero-order chi connectivity index (χ0) is 20.1. The minimum atomic E-state index is -1.24. The van der Waals surface area contributed by atoms with Crippen molar-refractivity contribution in [1.82, 2.24) is 5.32 Å². The van der Waals surface area contributed by atoms with E-state index in [1.165, 1.54) is 6.08 Å². The second kappa shape index (κ2) is 8.74. The van der Waals surface area contributed by atoms with Gasteiger partial charge < -0.3 is 10.4 Å². The molecule has 3 aromatic rings. The molecule has 0 heterocycles. The lowest BCUT2D eigenvalue weighted by Crippen LogP contribution is -2.27. The largest absolute Gasteiger partial charge is 0.477 e. The molecule has 0 saturated heterocycles. The minimum absolute atomic E-state index is 0.233. The van der Waals surface area contributed by atoms with E-state index in [9.17, 15) is 14.7 Å². The number of nitrogens with one attached hydrogen (secondary N) is 1. The first kappa shape index (κ1) is 19.7. The molecule has 140 valence electrons. The van der Waals surface area contributed by atoms with Gasteiger partial charge in [0, 0.05) is 21.2 Å². The van der Waals surface area contributed by atoms with E-state index >= 15 is 0 Å². The van der Waals surface area contributed by atoms with Crippen LogP contribution in [0, 0.1) is 0 Å². The Bertz CT molecular complexity index is 1060. The number of aliphatic carboxylic acids is 1. The third-order valence-corrected chi connectivity index (χ3v) is 4.52. The number of carbonyl (C=O) groups excluding carboxylic acids is 1. The lowest BCUT2D eigenvalue weighted by Gasteiger charge is -2.08. The second-order valence-electron chi connectivity index (χ2n) is 5.93. The van der Waals surface area contributed by atoms with Gasteiger partial charge in [0.2, 0.25) is 0 Å². The SMILES string of the molecule is O=C(O)/C(=C/c1cccc(-c2cc(Cl)ccc2Cl)c1)NC(=O)c1ccccc1. The number of hydrogen-bond donors (Lipinski definition) is 2. The van der Waals surface area contributed by atoms with Crippen LogP contribution in [-0.2, 0) is 4.79 Å². The lowest BCUT2D eigenvalue weighted by molar-refractivity contribution is -0.132. The molecule has 0 aliphatic carbocycles. The molecule has 0 fully saturated rings. The van der Waals surface area contributed by atoms with E-state index in [1.807, 2.05) is 6.07 Å². The number of halogens is 2. The fraction of sp³-hybridized carbons (Fsp3) is 0. The molecule has 0 radical (unpaired) electrons. The summed E-state index contributed by atoms with van der Waals surface area (Å²) >= 11 is 12.3. The Morgan fingerprint density at radius 1 is 0.893 bits per heavy atom. The maximum atomic E-state index is 12.3. The van der Waals surface area contributed by atoms with Crippen molar-refractivity contribution in [2.75, 3.05) is 0 Å². The molecule has 0 aliphatic rings. The zero-order valence-corrected chi connectivity index (χ0v) is 16.0. The fourth-order valence-corrected chi connectivity index (χ4v) is 3.02. The Morgan fingerprint density at radius 3 is 2.36 bits per heavy atom. The van der Waals surface area contributed by atoms with Crippen LogP contribution in [0.15, 0.2) is 78.5 Å². The van der Waals surface area contributed by atoms with Gasteiger partial charge in [-0.25, -0.2) is 4.79 Å². The molecule has 0 bridgehead atoms. The van der Waals surface area contributed by atoms with E-state index < -0.39 is 11.9 Å². The van der Waals surface area contributed by atoms with Gasteiger partial charge in [0.15, 0.2) is 0 Å². The highest BCUT2D eigenvalue weighted by Gasteiger charge is 2.13. The van der Waals surface area contributed by atoms with Crippen molar-refractivity contribution in [2.24, 2.45) is 0 Å². The van der Waals surface area contributed by atoms with Crippen molar-refractivity contribution in [1.29, 1.82) is 0 Å². The van der Waals surface area contributed by atoms with E-state index in [-0.39, 0.29) is 5.70 Å². The first-order chi connectivity index (χ1) is 13.4. The molecule has 28 heavy (non-hydrogen) atoms. The Labute approximate surface area is 172 Å². The van der Waals surface area contributed by atoms with E-state index in [1.54, 1.807) is 66.7 Å². The highest BCUT2D eigenvalue weighted by molar-refractivity contribution is 6.35. The summed E-state index contributed by atoms with van der Waals surface area (Å²) in [6.07, 6.45) is 1.39. The van der Waals surface area contributed by atoms with Gasteiger partial charge in [-0.05, 0) is 53.6 Å². The van der Waals surface area contributed by atoms with Crippen molar-refractivity contribution in [3.05, 3.63) is 99.7 Å². The Balaban J connectivity index is 1.92. The zero-order valence-electron chi connectivity index (χ0n) is 14.5. The smallest absolute Gasteiger partial charge is 0.352 e. The van der Waals surface area contributed by atoms with Crippen molar-refractivity contribution in [2.45, 2.75) is 0 Å². The van der Waals surface area contributed by atoms with Crippen molar-refractivity contribution in [3.8, 4) is 11.1 Å². The summed E-state index contributed by atoms with van der Waals surface area (Å²) in [4.78, 5) is 23.9. The Morgan fingerprint density at radius 2 is 1.64 bits per heavy atom. The Hall–Kier alpha value is -3.08. The number of benzene rings is 3. The summed E-state index contributed by atoms with van der Waals surface area (Å²) in [5.74, 6) is -1.74. The average molecular weight is 412 g/mol. The molecule has 4 nitrogen and oxygen atoms in total. The van der Waals surface area contributed by atoms with Gasteiger partial charge in [0.1, 0.15) is 5.70 Å². The molecule has 0 aromatic heterocycles. The van der Waals surface area contributed by atoms with Gasteiger partial charge in [-0.3, -0.25) is 4.79 Å². The third-order valence-electron chi connectivity index (χ3n) is 3.95. The van der Waals surface area contributed by atoms with Crippen LogP contribution in [0.4, 0.5) is 0 Å². The number of carbonyl (C=O) groups is 2. The number of amides is 1. The quantitative estimate of drug-likeness (QED) is 0.543. The minimum Gasteiger partial charge on any atom is -0.477 e. The highest BCUT2D eigenvalue weighted by atomic mass is 35.5. The molecule has 2 N–H and O–H groups in total. The summed E-state index contributed by atoms with van der Waals surface area (Å²) in [6.45, 7) is 0. The molecule has 0 spiro atoms. The van der Waals surface area contributed by atoms with Crippen LogP contribution in [0.2, 0.25) is 10.0 Å². The van der Waals surface area contributed by atoms with Crippen molar-refractivity contribution < 1.29 is 14.7 Å². The van der Waals surface area contributed by atoms with Crippen LogP contribution in [-0.4, -0.2) is 17.0 Å². The Kier molecular flexibility index (Phi) is 6.14. The number of carboxylic acid groups (broad SMARTS) is 1. The van der Waals surface area contributed by atoms with Crippen molar-refractivity contribution in [3.63, 3.8) is 0 Å². The van der Waals surface area contributed by atoms with E-state index in [0.29, 0.717) is 21.2 Å². The fourth-order valence-electron chi connectivity index (χ4n) is 2.62. The number of hydrogen-bond acceptors (Lipinski definition) is 2. The lowest BCUT2D eigenvalue weighted by atomic mass is 10.0. The van der Waals surface area contributed by atoms with Crippen LogP contribution in [0.1, 0.15) is 15.9 Å². The summed E-state index contributed by atoms with van der Waals surface area (Å²) in [6, 6.07) is 20.7. The first-order valence-corrected chi connectivity index (χ1v) is 9.06. The van der Waals surface area contributed by atoms with E-state index in [4.69, 9.17) is 23.2 Å². The van der Waals surface area contributed by atoms with Crippen LogP contribution in [0.25, 0.3) is 17.2 Å². The van der Waals surface area contributed by atoms with Gasteiger partial charge in [-0.2, -0.15) is 0 Å². The molecule has 3 aromatic carbocycles. The molecule has 0 unspecified atom stereocenters. The average Bonchev–Trinajstić information content (AvgIpc) is 2.70. The first-order valence-electron chi connectivity index (χ1n) is 8.31. The van der Waals surface area contributed by atoms with E-state index in [0.717, 1.165) is 11.1 Å². The van der Waals surface area contributed by atoms with Crippen LogP contribution in [0.5, 0.6) is 0 Å². The standard InChI is InChI=1S/C22H15Cl2NO3/c23-17-9-10-19(24)18(13-17)16-8-4-5-14(11-16)12-20(22(27)28)25-21(26)15-6-2-1-3-7-15/h1-13H,(H,25,26)(H,27,28)/b20-12-. The molecular weight excluding hydrogens is 397 g/mol. The van der Waals surface area contributed by atoms with Crippen LogP contribution >= 0.6 is 23.2 Å². The van der Waals surface area contributed by atoms with Gasteiger partial charge >= 0.3 is 5.97 Å².